The van der Waals surface area contributed by atoms with Gasteiger partial charge in [-0.2, -0.15) is 4.98 Å². The number of carbonyl (C=O) groups is 1. The number of hydrogen-bond donors (Lipinski definition) is 2. The average Bonchev–Trinajstić information content (AvgIpc) is 3.57. The van der Waals surface area contributed by atoms with E-state index in [1.807, 2.05) is 74.6 Å². The van der Waals surface area contributed by atoms with Crippen LogP contribution >= 0.6 is 0 Å². The van der Waals surface area contributed by atoms with Crippen molar-refractivity contribution in [2.45, 2.75) is 20.4 Å². The number of carboxylic acid groups (broad SMARTS) is 1. The number of aryl methyl sites for hydroxylation is 1. The van der Waals surface area contributed by atoms with Gasteiger partial charge in [-0.1, -0.05) is 47.6 Å². The number of ether oxygens (including phenoxy) is 1. The SMILES string of the molecule is CCOc1nc2cccc(C(=O)O)c2n1Cc1ccc(-c2cc(-c3ccc(C)cn3)ccc2-c2noc(=O)[nH]2)cc1. The van der Waals surface area contributed by atoms with E-state index >= 15 is 0 Å². The number of aromatic nitrogens is 5. The van der Waals surface area contributed by atoms with Crippen molar-refractivity contribution in [2.24, 2.45) is 0 Å². The lowest BCUT2D eigenvalue weighted by molar-refractivity contribution is 0.0698. The number of pyridine rings is 1. The van der Waals surface area contributed by atoms with E-state index in [0.29, 0.717) is 41.6 Å². The maximum Gasteiger partial charge on any atom is 0.439 e. The summed E-state index contributed by atoms with van der Waals surface area (Å²) in [6, 6.07) is 23.0. The summed E-state index contributed by atoms with van der Waals surface area (Å²) in [4.78, 5) is 35.4. The average molecular weight is 548 g/mol. The van der Waals surface area contributed by atoms with E-state index in [0.717, 1.165) is 33.5 Å². The summed E-state index contributed by atoms with van der Waals surface area (Å²) in [6.45, 7) is 4.59. The molecule has 204 valence electrons. The summed E-state index contributed by atoms with van der Waals surface area (Å²) in [7, 11) is 0. The zero-order valence-corrected chi connectivity index (χ0v) is 22.3. The van der Waals surface area contributed by atoms with Crippen LogP contribution in [-0.4, -0.2) is 42.4 Å². The molecule has 41 heavy (non-hydrogen) atoms. The third kappa shape index (κ3) is 4.98. The highest BCUT2D eigenvalue weighted by Gasteiger charge is 2.19. The van der Waals surface area contributed by atoms with E-state index in [-0.39, 0.29) is 5.56 Å². The molecule has 0 atom stereocenters. The number of benzene rings is 3. The largest absolute Gasteiger partial charge is 0.478 e. The van der Waals surface area contributed by atoms with Gasteiger partial charge in [0.25, 0.3) is 6.01 Å². The van der Waals surface area contributed by atoms with Crippen LogP contribution in [0.3, 0.4) is 0 Å². The highest BCUT2D eigenvalue weighted by Crippen LogP contribution is 2.34. The number of imidazole rings is 1. The molecular formula is C31H25N5O5. The van der Waals surface area contributed by atoms with Crippen LogP contribution in [0, 0.1) is 6.92 Å². The topological polar surface area (TPSA) is 136 Å². The van der Waals surface area contributed by atoms with E-state index in [9.17, 15) is 14.7 Å². The number of rotatable bonds is 8. The van der Waals surface area contributed by atoms with Gasteiger partial charge in [0.15, 0.2) is 5.82 Å². The summed E-state index contributed by atoms with van der Waals surface area (Å²) in [5.41, 5.74) is 7.34. The van der Waals surface area contributed by atoms with Crippen molar-refractivity contribution >= 4 is 17.0 Å². The number of carboxylic acids is 1. The normalized spacial score (nSPS) is 11.2. The van der Waals surface area contributed by atoms with Crippen LogP contribution in [0.1, 0.15) is 28.4 Å². The van der Waals surface area contributed by atoms with E-state index < -0.39 is 11.7 Å². The fraction of sp³-hybridized carbons (Fsp3) is 0.129. The van der Waals surface area contributed by atoms with Crippen molar-refractivity contribution in [1.82, 2.24) is 24.7 Å². The summed E-state index contributed by atoms with van der Waals surface area (Å²) < 4.78 is 12.3. The molecule has 6 rings (SSSR count). The Balaban J connectivity index is 1.41. The third-order valence-corrected chi connectivity index (χ3v) is 6.76. The molecule has 0 bridgehead atoms. The Hall–Kier alpha value is -5.51. The second-order valence-electron chi connectivity index (χ2n) is 9.51. The molecule has 6 aromatic rings. The van der Waals surface area contributed by atoms with E-state index in [1.165, 1.54) is 0 Å². The van der Waals surface area contributed by atoms with Crippen molar-refractivity contribution in [2.75, 3.05) is 6.61 Å². The Morgan fingerprint density at radius 3 is 2.51 bits per heavy atom. The molecule has 0 unspecified atom stereocenters. The minimum Gasteiger partial charge on any atom is -0.478 e. The van der Waals surface area contributed by atoms with Crippen molar-refractivity contribution < 1.29 is 19.2 Å². The lowest BCUT2D eigenvalue weighted by Crippen LogP contribution is -2.08. The van der Waals surface area contributed by atoms with Gasteiger partial charge in [0, 0.05) is 17.3 Å². The number of H-pyrrole nitrogens is 1. The van der Waals surface area contributed by atoms with E-state index in [1.54, 1.807) is 22.8 Å². The summed E-state index contributed by atoms with van der Waals surface area (Å²) >= 11 is 0. The number of aromatic amines is 1. The van der Waals surface area contributed by atoms with Crippen LogP contribution in [0.25, 0.3) is 44.8 Å². The molecule has 10 nitrogen and oxygen atoms in total. The molecule has 10 heteroatoms. The van der Waals surface area contributed by atoms with Gasteiger partial charge in [-0.15, -0.1) is 0 Å². The van der Waals surface area contributed by atoms with E-state index in [2.05, 4.69) is 20.1 Å². The molecule has 0 amide bonds. The number of hydrogen-bond acceptors (Lipinski definition) is 7. The first kappa shape index (κ1) is 25.8. The fourth-order valence-electron chi connectivity index (χ4n) is 4.83. The quantitative estimate of drug-likeness (QED) is 0.253. The van der Waals surface area contributed by atoms with E-state index in [4.69, 9.17) is 9.26 Å². The lowest BCUT2D eigenvalue weighted by atomic mass is 9.95. The Kier molecular flexibility index (Phi) is 6.64. The predicted octanol–water partition coefficient (Wildman–Crippen LogP) is 5.56. The monoisotopic (exact) mass is 547 g/mol. The number of nitrogens with zero attached hydrogens (tertiary/aromatic N) is 4. The fourth-order valence-corrected chi connectivity index (χ4v) is 4.83. The van der Waals surface area contributed by atoms with Crippen molar-refractivity contribution in [3.05, 3.63) is 106 Å². The molecule has 0 aliphatic carbocycles. The summed E-state index contributed by atoms with van der Waals surface area (Å²) in [6.07, 6.45) is 1.82. The first-order valence-electron chi connectivity index (χ1n) is 13.0. The highest BCUT2D eigenvalue weighted by molar-refractivity contribution is 6.01. The zero-order chi connectivity index (χ0) is 28.5. The molecule has 0 spiro atoms. The number of para-hydroxylation sites is 1. The van der Waals surface area contributed by atoms with Gasteiger partial charge in [-0.25, -0.2) is 9.59 Å². The number of fused-ring (bicyclic) bond motifs is 1. The Morgan fingerprint density at radius 1 is 1.02 bits per heavy atom. The molecule has 0 saturated carbocycles. The minimum absolute atomic E-state index is 0.158. The first-order chi connectivity index (χ1) is 19.9. The minimum atomic E-state index is -1.03. The van der Waals surface area contributed by atoms with Gasteiger partial charge in [0.05, 0.1) is 35.4 Å². The summed E-state index contributed by atoms with van der Waals surface area (Å²) in [5, 5.41) is 13.7. The first-order valence-corrected chi connectivity index (χ1v) is 13.0. The molecule has 2 N–H and O–H groups in total. The Bertz CT molecular complexity index is 1940. The Morgan fingerprint density at radius 2 is 1.83 bits per heavy atom. The molecule has 3 aromatic carbocycles. The van der Waals surface area contributed by atoms with Crippen molar-refractivity contribution in [3.63, 3.8) is 0 Å². The molecule has 3 aromatic heterocycles. The summed E-state index contributed by atoms with van der Waals surface area (Å²) in [5.74, 6) is -1.34. The van der Waals surface area contributed by atoms with Crippen LogP contribution in [0.15, 0.2) is 88.3 Å². The van der Waals surface area contributed by atoms with Gasteiger partial charge >= 0.3 is 11.7 Å². The second-order valence-corrected chi connectivity index (χ2v) is 9.51. The zero-order valence-electron chi connectivity index (χ0n) is 22.3. The van der Waals surface area contributed by atoms with Crippen LogP contribution in [0.5, 0.6) is 6.01 Å². The highest BCUT2D eigenvalue weighted by atomic mass is 16.5. The lowest BCUT2D eigenvalue weighted by Gasteiger charge is -2.13. The van der Waals surface area contributed by atoms with Crippen molar-refractivity contribution in [1.29, 1.82) is 0 Å². The number of nitrogens with one attached hydrogen (secondary N) is 1. The van der Waals surface area contributed by atoms with Crippen LogP contribution in [0.2, 0.25) is 0 Å². The standard InChI is InChI=1S/C31H25N5O5/c1-3-40-30-33-26-6-4-5-23(29(37)38)27(26)36(30)17-19-8-10-20(11-9-19)24-15-21(25-14-7-18(2)16-32-25)12-13-22(24)28-34-31(39)41-35-28/h4-16H,3,17H2,1-2H3,(H,37,38)(H,34,35,39). The maximum atomic E-state index is 12.0. The smallest absolute Gasteiger partial charge is 0.439 e. The number of aromatic carboxylic acids is 1. The van der Waals surface area contributed by atoms with Gasteiger partial charge < -0.3 is 9.84 Å². The van der Waals surface area contributed by atoms with Crippen LogP contribution < -0.4 is 10.5 Å². The molecule has 3 heterocycles. The third-order valence-electron chi connectivity index (χ3n) is 6.76. The maximum absolute atomic E-state index is 12.0. The van der Waals surface area contributed by atoms with Gasteiger partial charge in [-0.05, 0) is 66.4 Å². The van der Waals surface area contributed by atoms with Gasteiger partial charge in [0.2, 0.25) is 0 Å². The molecule has 0 saturated heterocycles. The molecular weight excluding hydrogens is 522 g/mol. The second kappa shape index (κ2) is 10.6. The van der Waals surface area contributed by atoms with Gasteiger partial charge in [0.1, 0.15) is 0 Å². The van der Waals surface area contributed by atoms with Gasteiger partial charge in [-0.3, -0.25) is 19.1 Å². The predicted molar refractivity (Wildman–Crippen MR) is 153 cm³/mol. The molecule has 0 fully saturated rings. The molecule has 0 radical (unpaired) electrons. The molecule has 0 aliphatic rings. The molecule has 0 aliphatic heterocycles. The Labute approximate surface area is 233 Å². The van der Waals surface area contributed by atoms with Crippen LogP contribution in [0.4, 0.5) is 0 Å². The van der Waals surface area contributed by atoms with Crippen LogP contribution in [-0.2, 0) is 6.54 Å². The van der Waals surface area contributed by atoms with Crippen molar-refractivity contribution in [3.8, 4) is 39.8 Å².